The second-order valence-corrected chi connectivity index (χ2v) is 4.92. The highest BCUT2D eigenvalue weighted by atomic mass is 19.4. The van der Waals surface area contributed by atoms with Crippen molar-refractivity contribution in [2.24, 2.45) is 5.73 Å². The van der Waals surface area contributed by atoms with E-state index in [0.29, 0.717) is 12.0 Å². The first-order valence-electron chi connectivity index (χ1n) is 6.39. The first-order valence-corrected chi connectivity index (χ1v) is 6.39. The van der Waals surface area contributed by atoms with Crippen molar-refractivity contribution in [3.8, 4) is 11.1 Å². The summed E-state index contributed by atoms with van der Waals surface area (Å²) in [7, 11) is 0. The largest absolute Gasteiger partial charge is 0.417 e. The highest BCUT2D eigenvalue weighted by Gasteiger charge is 2.33. The molecule has 0 amide bonds. The first kappa shape index (κ1) is 14.6. The minimum Gasteiger partial charge on any atom is -0.328 e. The summed E-state index contributed by atoms with van der Waals surface area (Å²) in [5.74, 6) is 0. The Kier molecular flexibility index (Phi) is 4.14. The van der Waals surface area contributed by atoms with E-state index >= 15 is 0 Å². The molecule has 1 nitrogen and oxygen atoms in total. The lowest BCUT2D eigenvalue weighted by Crippen LogP contribution is -2.17. The van der Waals surface area contributed by atoms with Crippen LogP contribution < -0.4 is 5.73 Å². The van der Waals surface area contributed by atoms with Gasteiger partial charge < -0.3 is 5.73 Å². The van der Waals surface area contributed by atoms with E-state index in [1.54, 1.807) is 18.2 Å². The van der Waals surface area contributed by atoms with Gasteiger partial charge in [-0.25, -0.2) is 0 Å². The van der Waals surface area contributed by atoms with Crippen LogP contribution in [0.2, 0.25) is 0 Å². The smallest absolute Gasteiger partial charge is 0.328 e. The summed E-state index contributed by atoms with van der Waals surface area (Å²) in [4.78, 5) is 0. The molecular weight excluding hydrogens is 263 g/mol. The molecule has 2 aromatic rings. The molecule has 0 bridgehead atoms. The third kappa shape index (κ3) is 3.39. The number of halogens is 3. The van der Waals surface area contributed by atoms with Gasteiger partial charge in [0.05, 0.1) is 5.56 Å². The second-order valence-electron chi connectivity index (χ2n) is 4.92. The molecule has 0 radical (unpaired) electrons. The van der Waals surface area contributed by atoms with E-state index < -0.39 is 11.7 Å². The number of benzene rings is 2. The molecule has 106 valence electrons. The standard InChI is InChI=1S/C16H16F3N/c1-11(20)10-12-6-8-13(9-7-12)14-4-2-3-5-15(14)16(17,18)19/h2-9,11H,10,20H2,1H3. The zero-order valence-corrected chi connectivity index (χ0v) is 11.1. The van der Waals surface area contributed by atoms with Crippen molar-refractivity contribution >= 4 is 0 Å². The molecule has 0 aliphatic heterocycles. The van der Waals surface area contributed by atoms with Gasteiger partial charge in [0.2, 0.25) is 0 Å². The number of nitrogens with two attached hydrogens (primary N) is 1. The third-order valence-electron chi connectivity index (χ3n) is 3.06. The quantitative estimate of drug-likeness (QED) is 0.892. The van der Waals surface area contributed by atoms with E-state index in [0.717, 1.165) is 11.6 Å². The van der Waals surface area contributed by atoms with Gasteiger partial charge in [-0.2, -0.15) is 13.2 Å². The molecule has 0 aliphatic carbocycles. The van der Waals surface area contributed by atoms with E-state index in [2.05, 4.69) is 0 Å². The summed E-state index contributed by atoms with van der Waals surface area (Å²) >= 11 is 0. The molecule has 0 heterocycles. The van der Waals surface area contributed by atoms with E-state index in [1.807, 2.05) is 19.1 Å². The van der Waals surface area contributed by atoms with Crippen molar-refractivity contribution in [2.75, 3.05) is 0 Å². The Labute approximate surface area is 116 Å². The zero-order valence-electron chi connectivity index (χ0n) is 11.1. The highest BCUT2D eigenvalue weighted by molar-refractivity contribution is 5.68. The summed E-state index contributed by atoms with van der Waals surface area (Å²) in [5.41, 5.74) is 6.88. The zero-order chi connectivity index (χ0) is 14.8. The van der Waals surface area contributed by atoms with E-state index in [9.17, 15) is 13.2 Å². The maximum atomic E-state index is 13.0. The molecule has 0 aliphatic rings. The van der Waals surface area contributed by atoms with Gasteiger partial charge in [0.1, 0.15) is 0 Å². The molecule has 0 saturated carbocycles. The molecule has 4 heteroatoms. The SMILES string of the molecule is CC(N)Cc1ccc(-c2ccccc2C(F)(F)F)cc1. The number of alkyl halides is 3. The van der Waals surface area contributed by atoms with Gasteiger partial charge in [0.25, 0.3) is 0 Å². The maximum absolute atomic E-state index is 13.0. The van der Waals surface area contributed by atoms with Crippen molar-refractivity contribution < 1.29 is 13.2 Å². The van der Waals surface area contributed by atoms with Gasteiger partial charge in [-0.15, -0.1) is 0 Å². The van der Waals surface area contributed by atoms with Crippen LogP contribution in [0.3, 0.4) is 0 Å². The van der Waals surface area contributed by atoms with Crippen molar-refractivity contribution in [2.45, 2.75) is 25.6 Å². The average Bonchev–Trinajstić information content (AvgIpc) is 2.38. The fourth-order valence-electron chi connectivity index (χ4n) is 2.17. The van der Waals surface area contributed by atoms with Crippen LogP contribution in [0.4, 0.5) is 13.2 Å². The van der Waals surface area contributed by atoms with Crippen LogP contribution in [0, 0.1) is 0 Å². The van der Waals surface area contributed by atoms with Gasteiger partial charge in [-0.1, -0.05) is 42.5 Å². The van der Waals surface area contributed by atoms with Crippen LogP contribution in [0.5, 0.6) is 0 Å². The van der Waals surface area contributed by atoms with Crippen molar-refractivity contribution in [1.29, 1.82) is 0 Å². The summed E-state index contributed by atoms with van der Waals surface area (Å²) in [6.45, 7) is 1.90. The Balaban J connectivity index is 2.37. The second kappa shape index (κ2) is 5.67. The van der Waals surface area contributed by atoms with Crippen LogP contribution >= 0.6 is 0 Å². The molecule has 0 aromatic heterocycles. The fourth-order valence-corrected chi connectivity index (χ4v) is 2.17. The maximum Gasteiger partial charge on any atom is 0.417 e. The number of hydrogen-bond acceptors (Lipinski definition) is 1. The Hall–Kier alpha value is -1.81. The van der Waals surface area contributed by atoms with Crippen LogP contribution in [-0.2, 0) is 12.6 Å². The predicted octanol–water partition coefficient (Wildman–Crippen LogP) is 4.26. The normalized spacial score (nSPS) is 13.2. The number of rotatable bonds is 3. The molecule has 2 rings (SSSR count). The number of hydrogen-bond donors (Lipinski definition) is 1. The average molecular weight is 279 g/mol. The topological polar surface area (TPSA) is 26.0 Å². The molecule has 1 unspecified atom stereocenters. The van der Waals surface area contributed by atoms with Gasteiger partial charge >= 0.3 is 6.18 Å². The molecule has 0 saturated heterocycles. The molecule has 1 atom stereocenters. The van der Waals surface area contributed by atoms with Crippen LogP contribution in [-0.4, -0.2) is 6.04 Å². The third-order valence-corrected chi connectivity index (χ3v) is 3.06. The van der Waals surface area contributed by atoms with Gasteiger partial charge in [0, 0.05) is 6.04 Å². The minimum absolute atomic E-state index is 0.0308. The fraction of sp³-hybridized carbons (Fsp3) is 0.250. The molecule has 0 fully saturated rings. The van der Waals surface area contributed by atoms with Crippen molar-refractivity contribution in [1.82, 2.24) is 0 Å². The minimum atomic E-state index is -4.35. The van der Waals surface area contributed by atoms with E-state index in [-0.39, 0.29) is 11.6 Å². The summed E-state index contributed by atoms with van der Waals surface area (Å²) < 4.78 is 38.9. The Morgan fingerprint density at radius 2 is 1.60 bits per heavy atom. The van der Waals surface area contributed by atoms with E-state index in [4.69, 9.17) is 5.73 Å². The summed E-state index contributed by atoms with van der Waals surface area (Å²) in [6, 6.07) is 12.7. The Bertz CT molecular complexity index is 571. The lowest BCUT2D eigenvalue weighted by atomic mass is 9.97. The van der Waals surface area contributed by atoms with Gasteiger partial charge in [-0.3, -0.25) is 0 Å². The molecular formula is C16H16F3N. The van der Waals surface area contributed by atoms with Crippen LogP contribution in [0.25, 0.3) is 11.1 Å². The Morgan fingerprint density at radius 1 is 1.00 bits per heavy atom. The molecule has 20 heavy (non-hydrogen) atoms. The summed E-state index contributed by atoms with van der Waals surface area (Å²) in [5, 5.41) is 0. The van der Waals surface area contributed by atoms with Gasteiger partial charge in [-0.05, 0) is 36.1 Å². The van der Waals surface area contributed by atoms with Crippen molar-refractivity contribution in [3.05, 3.63) is 59.7 Å². The van der Waals surface area contributed by atoms with Crippen LogP contribution in [0.15, 0.2) is 48.5 Å². The Morgan fingerprint density at radius 3 is 2.15 bits per heavy atom. The predicted molar refractivity (Wildman–Crippen MR) is 74.2 cm³/mol. The lowest BCUT2D eigenvalue weighted by Gasteiger charge is -2.13. The first-order chi connectivity index (χ1) is 9.38. The van der Waals surface area contributed by atoms with E-state index in [1.165, 1.54) is 12.1 Å². The highest BCUT2D eigenvalue weighted by Crippen LogP contribution is 2.36. The summed E-state index contributed by atoms with van der Waals surface area (Å²) in [6.07, 6.45) is -3.64. The molecule has 0 spiro atoms. The van der Waals surface area contributed by atoms with Crippen molar-refractivity contribution in [3.63, 3.8) is 0 Å². The monoisotopic (exact) mass is 279 g/mol. The van der Waals surface area contributed by atoms with Gasteiger partial charge in [0.15, 0.2) is 0 Å². The molecule has 2 N–H and O–H groups in total. The lowest BCUT2D eigenvalue weighted by molar-refractivity contribution is -0.137. The molecule has 2 aromatic carbocycles. The van der Waals surface area contributed by atoms with Crippen LogP contribution in [0.1, 0.15) is 18.1 Å².